The molecule has 1 saturated carbocycles. The number of methoxy groups -OCH3 is 1. The van der Waals surface area contributed by atoms with Gasteiger partial charge in [-0.05, 0) is 6.42 Å². The van der Waals surface area contributed by atoms with E-state index in [-0.39, 0.29) is 16.7 Å². The molecule has 4 nitrogen and oxygen atoms in total. The van der Waals surface area contributed by atoms with Gasteiger partial charge in [-0.2, -0.15) is 5.26 Å². The van der Waals surface area contributed by atoms with E-state index in [2.05, 4.69) is 24.1 Å². The van der Waals surface area contributed by atoms with Crippen LogP contribution in [0.15, 0.2) is 0 Å². The van der Waals surface area contributed by atoms with Crippen LogP contribution in [-0.4, -0.2) is 24.2 Å². The van der Waals surface area contributed by atoms with Crippen molar-refractivity contribution in [2.24, 2.45) is 5.41 Å². The van der Waals surface area contributed by atoms with Gasteiger partial charge in [0, 0.05) is 18.6 Å². The molecule has 1 N–H and O–H groups in total. The van der Waals surface area contributed by atoms with E-state index < -0.39 is 0 Å². The molecule has 92 valence electrons. The average Bonchev–Trinajstić information content (AvgIpc) is 2.64. The molecule has 1 aliphatic rings. The van der Waals surface area contributed by atoms with E-state index in [1.54, 1.807) is 7.11 Å². The Hall–Kier alpha value is -0.830. The number of nitrogens with one attached hydrogen (secondary N) is 1. The summed E-state index contributed by atoms with van der Waals surface area (Å²) in [5.41, 5.74) is 0.0691. The molecule has 0 spiro atoms. The van der Waals surface area contributed by atoms with E-state index in [0.717, 1.165) is 6.42 Å². The number of hydrogen-bond acceptors (Lipinski definition) is 5. The van der Waals surface area contributed by atoms with Crippen molar-refractivity contribution in [2.45, 2.75) is 32.4 Å². The Labute approximate surface area is 110 Å². The highest BCUT2D eigenvalue weighted by Gasteiger charge is 2.48. The van der Waals surface area contributed by atoms with E-state index in [0.29, 0.717) is 16.1 Å². The van der Waals surface area contributed by atoms with Gasteiger partial charge in [0.1, 0.15) is 10.9 Å². The molecule has 0 aliphatic heterocycles. The van der Waals surface area contributed by atoms with Gasteiger partial charge in [0.05, 0.1) is 6.10 Å². The van der Waals surface area contributed by atoms with Gasteiger partial charge >= 0.3 is 0 Å². The second kappa shape index (κ2) is 4.45. The fraction of sp³-hybridized carbons (Fsp3) is 0.636. The highest BCUT2D eigenvalue weighted by Crippen LogP contribution is 2.44. The zero-order valence-electron chi connectivity index (χ0n) is 9.95. The Morgan fingerprint density at radius 2 is 2.35 bits per heavy atom. The van der Waals surface area contributed by atoms with E-state index >= 15 is 0 Å². The number of halogens is 1. The number of nitrogens with zero attached hydrogens (tertiary/aromatic N) is 2. The summed E-state index contributed by atoms with van der Waals surface area (Å²) in [6, 6.07) is 2.33. The maximum Gasteiger partial charge on any atom is 0.185 e. The lowest BCUT2D eigenvalue weighted by Gasteiger charge is -2.51. The first-order valence-electron chi connectivity index (χ1n) is 5.34. The second-order valence-corrected chi connectivity index (χ2v) is 6.09. The molecule has 1 aliphatic carbocycles. The summed E-state index contributed by atoms with van der Waals surface area (Å²) >= 11 is 7.12. The van der Waals surface area contributed by atoms with Crippen LogP contribution in [0.4, 0.5) is 5.13 Å². The van der Waals surface area contributed by atoms with Crippen LogP contribution in [0.1, 0.15) is 25.1 Å². The Kier molecular flexibility index (Phi) is 3.30. The summed E-state index contributed by atoms with van der Waals surface area (Å²) < 4.78 is 5.38. The van der Waals surface area contributed by atoms with E-state index in [9.17, 15) is 0 Å². The standard InChI is InChI=1S/C11H14ClN3OS/c1-11(2)7(4-8(11)16-3)14-10-15-9(12)6(5-13)17-10/h7-8H,4H2,1-3H3,(H,14,15). The summed E-state index contributed by atoms with van der Waals surface area (Å²) in [4.78, 5) is 4.58. The molecule has 1 heterocycles. The van der Waals surface area contributed by atoms with E-state index in [1.807, 2.05) is 6.07 Å². The molecule has 0 aromatic carbocycles. The first-order chi connectivity index (χ1) is 7.98. The number of ether oxygens (including phenoxy) is 1. The maximum absolute atomic E-state index is 8.81. The predicted octanol–water partition coefficient (Wildman–Crippen LogP) is 2.89. The van der Waals surface area contributed by atoms with E-state index in [4.69, 9.17) is 21.6 Å². The molecule has 0 bridgehead atoms. The van der Waals surface area contributed by atoms with Crippen molar-refractivity contribution in [1.82, 2.24) is 4.98 Å². The number of hydrogen-bond donors (Lipinski definition) is 1. The summed E-state index contributed by atoms with van der Waals surface area (Å²) in [5, 5.41) is 13.1. The fourth-order valence-electron chi connectivity index (χ4n) is 2.11. The molecule has 2 unspecified atom stereocenters. The topological polar surface area (TPSA) is 57.9 Å². The monoisotopic (exact) mass is 271 g/mol. The number of aromatic nitrogens is 1. The molecule has 2 rings (SSSR count). The SMILES string of the molecule is COC1CC(Nc2nc(Cl)c(C#N)s2)C1(C)C. The highest BCUT2D eigenvalue weighted by molar-refractivity contribution is 7.16. The Morgan fingerprint density at radius 1 is 1.65 bits per heavy atom. The van der Waals surface area contributed by atoms with Gasteiger partial charge in [-0.3, -0.25) is 0 Å². The third-order valence-corrected chi connectivity index (χ3v) is 4.72. The first kappa shape index (κ1) is 12.6. The number of nitriles is 1. The van der Waals surface area contributed by atoms with Crippen LogP contribution in [0, 0.1) is 16.7 Å². The normalized spacial score (nSPS) is 26.1. The maximum atomic E-state index is 8.81. The number of anilines is 1. The molecule has 1 fully saturated rings. The molecule has 0 radical (unpaired) electrons. The first-order valence-corrected chi connectivity index (χ1v) is 6.54. The van der Waals surface area contributed by atoms with Gasteiger partial charge in [0.15, 0.2) is 10.3 Å². The summed E-state index contributed by atoms with van der Waals surface area (Å²) in [6.45, 7) is 4.31. The molecular formula is C11H14ClN3OS. The quantitative estimate of drug-likeness (QED) is 0.918. The van der Waals surface area contributed by atoms with Gasteiger partial charge in [0.2, 0.25) is 0 Å². The lowest BCUT2D eigenvalue weighted by atomic mass is 9.64. The zero-order chi connectivity index (χ0) is 12.6. The molecule has 2 atom stereocenters. The van der Waals surface area contributed by atoms with Crippen molar-refractivity contribution in [3.63, 3.8) is 0 Å². The minimum Gasteiger partial charge on any atom is -0.381 e. The molecule has 1 aromatic rings. The van der Waals surface area contributed by atoms with Crippen molar-refractivity contribution in [2.75, 3.05) is 12.4 Å². The molecule has 0 amide bonds. The lowest BCUT2D eigenvalue weighted by molar-refractivity contribution is -0.0794. The Bertz CT molecular complexity index is 466. The van der Waals surface area contributed by atoms with Crippen LogP contribution in [0.2, 0.25) is 5.15 Å². The van der Waals surface area contributed by atoms with Crippen molar-refractivity contribution < 1.29 is 4.74 Å². The smallest absolute Gasteiger partial charge is 0.185 e. The highest BCUT2D eigenvalue weighted by atomic mass is 35.5. The lowest BCUT2D eigenvalue weighted by Crippen LogP contribution is -2.57. The van der Waals surface area contributed by atoms with Crippen LogP contribution in [0.3, 0.4) is 0 Å². The van der Waals surface area contributed by atoms with Crippen LogP contribution in [-0.2, 0) is 4.74 Å². The van der Waals surface area contributed by atoms with E-state index in [1.165, 1.54) is 11.3 Å². The van der Waals surface area contributed by atoms with Gasteiger partial charge in [0.25, 0.3) is 0 Å². The van der Waals surface area contributed by atoms with Crippen molar-refractivity contribution in [3.8, 4) is 6.07 Å². The molecule has 17 heavy (non-hydrogen) atoms. The minimum atomic E-state index is 0.0691. The summed E-state index contributed by atoms with van der Waals surface area (Å²) in [6.07, 6.45) is 1.22. The molecule has 1 aromatic heterocycles. The Morgan fingerprint density at radius 3 is 2.82 bits per heavy atom. The Balaban J connectivity index is 2.06. The van der Waals surface area contributed by atoms with Crippen LogP contribution >= 0.6 is 22.9 Å². The number of rotatable bonds is 3. The largest absolute Gasteiger partial charge is 0.381 e. The summed E-state index contributed by atoms with van der Waals surface area (Å²) in [5.74, 6) is 0. The van der Waals surface area contributed by atoms with Gasteiger partial charge in [-0.15, -0.1) is 0 Å². The van der Waals surface area contributed by atoms with Crippen molar-refractivity contribution >= 4 is 28.1 Å². The van der Waals surface area contributed by atoms with Crippen molar-refractivity contribution in [3.05, 3.63) is 10.0 Å². The molecule has 0 saturated heterocycles. The molecular weight excluding hydrogens is 258 g/mol. The zero-order valence-corrected chi connectivity index (χ0v) is 11.5. The van der Waals surface area contributed by atoms with Gasteiger partial charge in [-0.25, -0.2) is 4.98 Å². The summed E-state index contributed by atoms with van der Waals surface area (Å²) in [7, 11) is 1.73. The number of thiazole rings is 1. The molecule has 6 heteroatoms. The third kappa shape index (κ3) is 2.13. The van der Waals surface area contributed by atoms with Crippen LogP contribution in [0.25, 0.3) is 0 Å². The predicted molar refractivity (Wildman–Crippen MR) is 68.4 cm³/mol. The minimum absolute atomic E-state index is 0.0691. The van der Waals surface area contributed by atoms with Crippen LogP contribution < -0.4 is 5.32 Å². The average molecular weight is 272 g/mol. The van der Waals surface area contributed by atoms with Gasteiger partial charge < -0.3 is 10.1 Å². The van der Waals surface area contributed by atoms with Crippen molar-refractivity contribution in [1.29, 1.82) is 5.26 Å². The second-order valence-electron chi connectivity index (χ2n) is 4.73. The van der Waals surface area contributed by atoms with Gasteiger partial charge in [-0.1, -0.05) is 36.8 Å². The van der Waals surface area contributed by atoms with Crippen LogP contribution in [0.5, 0.6) is 0 Å². The fourth-order valence-corrected chi connectivity index (χ4v) is 3.11. The third-order valence-electron chi connectivity index (χ3n) is 3.45.